The van der Waals surface area contributed by atoms with Crippen molar-refractivity contribution in [2.45, 2.75) is 25.7 Å². The van der Waals surface area contributed by atoms with Gasteiger partial charge in [0.2, 0.25) is 0 Å². The van der Waals surface area contributed by atoms with Crippen molar-refractivity contribution >= 4 is 5.97 Å². The predicted octanol–water partition coefficient (Wildman–Crippen LogP) is 2.86. The Hall–Kier alpha value is -1.35. The lowest BCUT2D eigenvalue weighted by molar-refractivity contribution is -0.132. The molecule has 0 saturated heterocycles. The average molecular weight is 237 g/mol. The Balaban J connectivity index is 3.55. The monoisotopic (exact) mass is 237 g/mol. The number of hydrogen-bond acceptors (Lipinski definition) is 2. The molecule has 0 aromatic heterocycles. The second kappa shape index (κ2) is 9.85. The van der Waals surface area contributed by atoms with Crippen LogP contribution in [0, 0.1) is 0 Å². The number of carboxylic acid groups (broad SMARTS) is 1. The third-order valence-electron chi connectivity index (χ3n) is 2.48. The van der Waals surface area contributed by atoms with E-state index in [1.807, 2.05) is 13.1 Å². The van der Waals surface area contributed by atoms with Crippen LogP contribution in [-0.2, 0) is 4.79 Å². The van der Waals surface area contributed by atoms with E-state index in [-0.39, 0.29) is 5.57 Å². The third-order valence-corrected chi connectivity index (χ3v) is 2.48. The van der Waals surface area contributed by atoms with Crippen LogP contribution >= 0.6 is 0 Å². The SMILES string of the molecule is C=CCC/C=C/CCN(C)CCC(=C)C(=O)O. The average Bonchev–Trinajstić information content (AvgIpc) is 2.30. The van der Waals surface area contributed by atoms with Crippen LogP contribution in [0.4, 0.5) is 0 Å². The zero-order valence-electron chi connectivity index (χ0n) is 10.7. The molecule has 0 bridgehead atoms. The van der Waals surface area contributed by atoms with Gasteiger partial charge in [-0.2, -0.15) is 0 Å². The molecule has 1 N–H and O–H groups in total. The van der Waals surface area contributed by atoms with Gasteiger partial charge in [0.05, 0.1) is 0 Å². The molecular weight excluding hydrogens is 214 g/mol. The number of aliphatic carboxylic acids is 1. The number of hydrogen-bond donors (Lipinski definition) is 1. The number of allylic oxidation sites excluding steroid dienone is 2. The summed E-state index contributed by atoms with van der Waals surface area (Å²) in [4.78, 5) is 12.7. The first-order valence-corrected chi connectivity index (χ1v) is 5.93. The van der Waals surface area contributed by atoms with Gasteiger partial charge < -0.3 is 10.0 Å². The number of unbranched alkanes of at least 4 members (excludes halogenated alkanes) is 1. The van der Waals surface area contributed by atoms with Crippen LogP contribution in [0.2, 0.25) is 0 Å². The maximum absolute atomic E-state index is 10.5. The summed E-state index contributed by atoms with van der Waals surface area (Å²) in [7, 11) is 1.99. The summed E-state index contributed by atoms with van der Waals surface area (Å²) in [5.74, 6) is -0.900. The van der Waals surface area contributed by atoms with Crippen molar-refractivity contribution < 1.29 is 9.90 Å². The van der Waals surface area contributed by atoms with Gasteiger partial charge in [0.25, 0.3) is 0 Å². The Bertz CT molecular complexity index is 282. The Kier molecular flexibility index (Phi) is 9.06. The van der Waals surface area contributed by atoms with Crippen molar-refractivity contribution in [3.05, 3.63) is 37.0 Å². The van der Waals surface area contributed by atoms with Gasteiger partial charge in [0.15, 0.2) is 0 Å². The van der Waals surface area contributed by atoms with Gasteiger partial charge in [0, 0.05) is 18.7 Å². The summed E-state index contributed by atoms with van der Waals surface area (Å²) in [6.45, 7) is 8.85. The standard InChI is InChI=1S/C14H23NO2/c1-4-5-6-7-8-9-11-15(3)12-10-13(2)14(16)17/h4,7-8H,1-2,5-6,9-12H2,3H3,(H,16,17)/b8-7+. The van der Waals surface area contributed by atoms with Crippen molar-refractivity contribution in [2.24, 2.45) is 0 Å². The molecule has 0 saturated carbocycles. The van der Waals surface area contributed by atoms with Crippen molar-refractivity contribution in [1.82, 2.24) is 4.90 Å². The maximum atomic E-state index is 10.5. The smallest absolute Gasteiger partial charge is 0.331 e. The van der Waals surface area contributed by atoms with E-state index in [4.69, 9.17) is 5.11 Å². The van der Waals surface area contributed by atoms with Gasteiger partial charge >= 0.3 is 5.97 Å². The fraction of sp³-hybridized carbons (Fsp3) is 0.500. The number of carboxylic acids is 1. The number of nitrogens with zero attached hydrogens (tertiary/aromatic N) is 1. The first kappa shape index (κ1) is 15.7. The van der Waals surface area contributed by atoms with Gasteiger partial charge in [-0.3, -0.25) is 0 Å². The zero-order valence-corrected chi connectivity index (χ0v) is 10.7. The van der Waals surface area contributed by atoms with E-state index >= 15 is 0 Å². The molecule has 0 atom stereocenters. The summed E-state index contributed by atoms with van der Waals surface area (Å²) >= 11 is 0. The summed E-state index contributed by atoms with van der Waals surface area (Å²) in [6, 6.07) is 0. The van der Waals surface area contributed by atoms with E-state index in [0.29, 0.717) is 6.42 Å². The highest BCUT2D eigenvalue weighted by molar-refractivity contribution is 5.85. The van der Waals surface area contributed by atoms with Crippen molar-refractivity contribution in [2.75, 3.05) is 20.1 Å². The Morgan fingerprint density at radius 3 is 2.47 bits per heavy atom. The molecular formula is C14H23NO2. The minimum Gasteiger partial charge on any atom is -0.478 e. The molecule has 3 nitrogen and oxygen atoms in total. The molecule has 0 fully saturated rings. The summed E-state index contributed by atoms with van der Waals surface area (Å²) in [5.41, 5.74) is 0.276. The topological polar surface area (TPSA) is 40.5 Å². The van der Waals surface area contributed by atoms with Crippen LogP contribution < -0.4 is 0 Å². The predicted molar refractivity (Wildman–Crippen MR) is 72.1 cm³/mol. The van der Waals surface area contributed by atoms with E-state index < -0.39 is 5.97 Å². The second-order valence-corrected chi connectivity index (χ2v) is 4.09. The van der Waals surface area contributed by atoms with Crippen LogP contribution in [0.25, 0.3) is 0 Å². The molecule has 0 aromatic rings. The molecule has 0 amide bonds. The van der Waals surface area contributed by atoms with E-state index in [1.165, 1.54) is 0 Å². The molecule has 0 aromatic carbocycles. The highest BCUT2D eigenvalue weighted by atomic mass is 16.4. The van der Waals surface area contributed by atoms with Gasteiger partial charge in [-0.05, 0) is 32.7 Å². The zero-order chi connectivity index (χ0) is 13.1. The minimum absolute atomic E-state index is 0.276. The fourth-order valence-corrected chi connectivity index (χ4v) is 1.29. The summed E-state index contributed by atoms with van der Waals surface area (Å²) in [5, 5.41) is 8.65. The fourth-order valence-electron chi connectivity index (χ4n) is 1.29. The maximum Gasteiger partial charge on any atom is 0.331 e. The van der Waals surface area contributed by atoms with E-state index in [1.54, 1.807) is 0 Å². The first-order valence-electron chi connectivity index (χ1n) is 5.93. The molecule has 0 spiro atoms. The minimum atomic E-state index is -0.900. The molecule has 0 unspecified atom stereocenters. The molecule has 96 valence electrons. The van der Waals surface area contributed by atoms with Crippen LogP contribution in [0.15, 0.2) is 37.0 Å². The highest BCUT2D eigenvalue weighted by Gasteiger charge is 2.04. The lowest BCUT2D eigenvalue weighted by Gasteiger charge is -2.15. The number of carbonyl (C=O) groups is 1. The van der Waals surface area contributed by atoms with Crippen LogP contribution in [0.3, 0.4) is 0 Å². The Labute approximate surface area is 104 Å². The molecule has 0 heterocycles. The van der Waals surface area contributed by atoms with Gasteiger partial charge in [-0.1, -0.05) is 24.8 Å². The van der Waals surface area contributed by atoms with E-state index in [9.17, 15) is 4.79 Å². The molecule has 3 heteroatoms. The Morgan fingerprint density at radius 1 is 1.24 bits per heavy atom. The van der Waals surface area contributed by atoms with Gasteiger partial charge in [-0.15, -0.1) is 6.58 Å². The van der Waals surface area contributed by atoms with Crippen molar-refractivity contribution in [3.8, 4) is 0 Å². The Morgan fingerprint density at radius 2 is 1.88 bits per heavy atom. The lowest BCUT2D eigenvalue weighted by Crippen LogP contribution is -2.21. The van der Waals surface area contributed by atoms with Gasteiger partial charge in [-0.25, -0.2) is 4.79 Å². The summed E-state index contributed by atoms with van der Waals surface area (Å²) in [6.07, 6.45) is 9.80. The molecule has 0 aliphatic heterocycles. The molecule has 17 heavy (non-hydrogen) atoms. The number of rotatable bonds is 10. The van der Waals surface area contributed by atoms with E-state index in [2.05, 4.69) is 30.2 Å². The van der Waals surface area contributed by atoms with Crippen molar-refractivity contribution in [1.29, 1.82) is 0 Å². The first-order chi connectivity index (χ1) is 8.07. The molecule has 0 rings (SSSR count). The third kappa shape index (κ3) is 9.57. The van der Waals surface area contributed by atoms with Crippen LogP contribution in [0.5, 0.6) is 0 Å². The quantitative estimate of drug-likeness (QED) is 0.361. The summed E-state index contributed by atoms with van der Waals surface area (Å²) < 4.78 is 0. The lowest BCUT2D eigenvalue weighted by atomic mass is 10.2. The van der Waals surface area contributed by atoms with Crippen molar-refractivity contribution in [3.63, 3.8) is 0 Å². The van der Waals surface area contributed by atoms with Crippen LogP contribution in [-0.4, -0.2) is 36.1 Å². The molecule has 0 radical (unpaired) electrons. The molecule has 0 aliphatic rings. The molecule has 0 aliphatic carbocycles. The van der Waals surface area contributed by atoms with E-state index in [0.717, 1.165) is 32.4 Å². The van der Waals surface area contributed by atoms with Crippen LogP contribution in [0.1, 0.15) is 25.7 Å². The van der Waals surface area contributed by atoms with Gasteiger partial charge in [0.1, 0.15) is 0 Å². The highest BCUT2D eigenvalue weighted by Crippen LogP contribution is 2.01. The second-order valence-electron chi connectivity index (χ2n) is 4.09. The normalized spacial score (nSPS) is 10.9. The largest absolute Gasteiger partial charge is 0.478 e.